The van der Waals surface area contributed by atoms with Crippen molar-refractivity contribution in [2.24, 2.45) is 0 Å². The van der Waals surface area contributed by atoms with E-state index in [1.54, 1.807) is 0 Å². The average Bonchev–Trinajstić information content (AvgIpc) is 3.14. The van der Waals surface area contributed by atoms with E-state index in [0.717, 1.165) is 103 Å². The number of aliphatic hydroxyl groups excluding tert-OH is 3. The molecule has 0 aliphatic heterocycles. The maximum Gasteiger partial charge on any atom is 0.0667 e. The molecule has 3 unspecified atom stereocenters. The zero-order valence-corrected chi connectivity index (χ0v) is 35.2. The van der Waals surface area contributed by atoms with Gasteiger partial charge in [0.05, 0.1) is 18.3 Å². The van der Waals surface area contributed by atoms with Gasteiger partial charge in [0.25, 0.3) is 0 Å². The lowest BCUT2D eigenvalue weighted by atomic mass is 10.1. The van der Waals surface area contributed by atoms with Gasteiger partial charge in [-0.1, -0.05) is 132 Å². The number of aliphatic hydroxyl groups is 3. The summed E-state index contributed by atoms with van der Waals surface area (Å²) < 4.78 is 0. The molecule has 0 fully saturated rings. The van der Waals surface area contributed by atoms with Crippen LogP contribution in [0.25, 0.3) is 0 Å². The molecule has 0 bridgehead atoms. The quantitative estimate of drug-likeness (QED) is 0.0371. The van der Waals surface area contributed by atoms with Crippen molar-refractivity contribution in [2.45, 2.75) is 174 Å². The van der Waals surface area contributed by atoms with Crippen LogP contribution in [0.3, 0.4) is 0 Å². The molecule has 0 aromatic rings. The van der Waals surface area contributed by atoms with Crippen LogP contribution in [0, 0.1) is 0 Å². The Morgan fingerprint density at radius 3 is 1.19 bits per heavy atom. The SMILES string of the molecule is CCCC/C=C\C/C=C\CCCC(O)CNCCN(C)CCN(CC(O)CCC/C=C\C/C=C\CCCC)CC(O)CCC/C=C\C/C=C\CCCC. The van der Waals surface area contributed by atoms with Crippen molar-refractivity contribution < 1.29 is 15.3 Å². The molecule has 308 valence electrons. The van der Waals surface area contributed by atoms with Crippen molar-refractivity contribution in [3.63, 3.8) is 0 Å². The summed E-state index contributed by atoms with van der Waals surface area (Å²) in [4.78, 5) is 4.56. The number of unbranched alkanes of at least 4 members (excludes halogenated alkanes) is 9. The van der Waals surface area contributed by atoms with Crippen LogP contribution in [-0.4, -0.2) is 96.3 Å². The topological polar surface area (TPSA) is 79.2 Å². The van der Waals surface area contributed by atoms with E-state index in [-0.39, 0.29) is 6.10 Å². The lowest BCUT2D eigenvalue weighted by molar-refractivity contribution is 0.0571. The van der Waals surface area contributed by atoms with Crippen molar-refractivity contribution in [1.29, 1.82) is 0 Å². The monoisotopic (exact) mass is 742 g/mol. The molecule has 0 radical (unpaired) electrons. The van der Waals surface area contributed by atoms with E-state index in [1.165, 1.54) is 57.8 Å². The normalized spacial score (nSPS) is 14.7. The minimum Gasteiger partial charge on any atom is -0.392 e. The minimum absolute atomic E-state index is 0.313. The molecule has 6 nitrogen and oxygen atoms in total. The van der Waals surface area contributed by atoms with Crippen molar-refractivity contribution >= 4 is 0 Å². The van der Waals surface area contributed by atoms with Crippen LogP contribution in [0.5, 0.6) is 0 Å². The fourth-order valence-corrected chi connectivity index (χ4v) is 6.00. The minimum atomic E-state index is -0.394. The summed E-state index contributed by atoms with van der Waals surface area (Å²) in [6.07, 6.45) is 48.2. The van der Waals surface area contributed by atoms with E-state index in [2.05, 4.69) is 116 Å². The van der Waals surface area contributed by atoms with Crippen LogP contribution in [0.15, 0.2) is 72.9 Å². The Bertz CT molecular complexity index is 884. The molecule has 0 aliphatic rings. The highest BCUT2D eigenvalue weighted by Gasteiger charge is 2.16. The number of likely N-dealkylation sites (N-methyl/N-ethyl adjacent to an activating group) is 1. The lowest BCUT2D eigenvalue weighted by Crippen LogP contribution is -2.43. The van der Waals surface area contributed by atoms with Gasteiger partial charge in [-0.15, -0.1) is 0 Å². The third-order valence-corrected chi connectivity index (χ3v) is 9.50. The number of hydrogen-bond donors (Lipinski definition) is 4. The standard InChI is InChI=1S/C47H87N3O3/c1-5-8-11-14-17-20-23-26-29-32-35-45(51)42-48-38-39-49(4)40-41-50(43-46(52)36-33-30-27-24-21-18-15-12-9-6-2)44-47(53)37-34-31-28-25-22-19-16-13-10-7-3/h14-19,23-28,45-48,51-53H,5-13,20-22,29-44H2,1-4H3/b17-14-,18-15-,19-16-,26-23-,27-24-,28-25-. The Morgan fingerprint density at radius 1 is 0.453 bits per heavy atom. The molecule has 4 N–H and O–H groups in total. The van der Waals surface area contributed by atoms with Gasteiger partial charge in [0.2, 0.25) is 0 Å². The van der Waals surface area contributed by atoms with Crippen LogP contribution in [0.2, 0.25) is 0 Å². The molecule has 0 aromatic heterocycles. The van der Waals surface area contributed by atoms with Crippen molar-refractivity contribution in [2.75, 3.05) is 52.9 Å². The van der Waals surface area contributed by atoms with Crippen LogP contribution in [0.1, 0.15) is 156 Å². The predicted molar refractivity (Wildman–Crippen MR) is 234 cm³/mol. The Balaban J connectivity index is 4.55. The third kappa shape index (κ3) is 39.7. The van der Waals surface area contributed by atoms with Gasteiger partial charge in [-0.2, -0.15) is 0 Å². The molecular formula is C47H87N3O3. The molecule has 0 spiro atoms. The van der Waals surface area contributed by atoms with Gasteiger partial charge < -0.3 is 25.5 Å². The Kier molecular flexibility index (Phi) is 40.0. The highest BCUT2D eigenvalue weighted by Crippen LogP contribution is 2.10. The average molecular weight is 742 g/mol. The van der Waals surface area contributed by atoms with Crippen molar-refractivity contribution in [3.8, 4) is 0 Å². The second kappa shape index (κ2) is 41.4. The number of allylic oxidation sites excluding steroid dienone is 12. The molecule has 53 heavy (non-hydrogen) atoms. The Labute approximate surface area is 329 Å². The van der Waals surface area contributed by atoms with Crippen molar-refractivity contribution in [3.05, 3.63) is 72.9 Å². The molecule has 3 atom stereocenters. The first kappa shape index (κ1) is 51.2. The molecule has 0 rings (SSSR count). The van der Waals surface area contributed by atoms with Gasteiger partial charge in [-0.25, -0.2) is 0 Å². The fraction of sp³-hybridized carbons (Fsp3) is 0.745. The maximum absolute atomic E-state index is 10.9. The maximum atomic E-state index is 10.9. The van der Waals surface area contributed by atoms with E-state index in [4.69, 9.17) is 0 Å². The first-order valence-corrected chi connectivity index (χ1v) is 22.0. The summed E-state index contributed by atoms with van der Waals surface area (Å²) in [5.74, 6) is 0. The molecule has 0 heterocycles. The van der Waals surface area contributed by atoms with Gasteiger partial charge in [-0.3, -0.25) is 4.90 Å². The van der Waals surface area contributed by atoms with E-state index in [9.17, 15) is 15.3 Å². The van der Waals surface area contributed by atoms with Gasteiger partial charge in [-0.05, 0) is 103 Å². The predicted octanol–water partition coefficient (Wildman–Crippen LogP) is 10.5. The van der Waals surface area contributed by atoms with E-state index >= 15 is 0 Å². The van der Waals surface area contributed by atoms with E-state index in [1.807, 2.05) is 0 Å². The first-order valence-electron chi connectivity index (χ1n) is 22.0. The van der Waals surface area contributed by atoms with Crippen LogP contribution in [0.4, 0.5) is 0 Å². The molecule has 0 saturated heterocycles. The molecule has 6 heteroatoms. The second-order valence-electron chi connectivity index (χ2n) is 15.0. The lowest BCUT2D eigenvalue weighted by Gasteiger charge is -2.29. The zero-order chi connectivity index (χ0) is 38.9. The van der Waals surface area contributed by atoms with E-state index < -0.39 is 12.2 Å². The van der Waals surface area contributed by atoms with Gasteiger partial charge >= 0.3 is 0 Å². The smallest absolute Gasteiger partial charge is 0.0667 e. The van der Waals surface area contributed by atoms with Crippen LogP contribution < -0.4 is 5.32 Å². The zero-order valence-electron chi connectivity index (χ0n) is 35.2. The van der Waals surface area contributed by atoms with Gasteiger partial charge in [0, 0.05) is 45.8 Å². The highest BCUT2D eigenvalue weighted by molar-refractivity contribution is 4.94. The Morgan fingerprint density at radius 2 is 0.811 bits per heavy atom. The number of nitrogens with one attached hydrogen (secondary N) is 1. The summed E-state index contributed by atoms with van der Waals surface area (Å²) >= 11 is 0. The van der Waals surface area contributed by atoms with Crippen LogP contribution in [-0.2, 0) is 0 Å². The summed E-state index contributed by atoms with van der Waals surface area (Å²) in [5, 5.41) is 35.7. The largest absolute Gasteiger partial charge is 0.392 e. The third-order valence-electron chi connectivity index (χ3n) is 9.50. The van der Waals surface area contributed by atoms with Crippen molar-refractivity contribution in [1.82, 2.24) is 15.1 Å². The number of nitrogens with zero attached hydrogens (tertiary/aromatic N) is 2. The van der Waals surface area contributed by atoms with Gasteiger partial charge in [0.15, 0.2) is 0 Å². The molecule has 0 aromatic carbocycles. The summed E-state index contributed by atoms with van der Waals surface area (Å²) in [6, 6.07) is 0. The van der Waals surface area contributed by atoms with Gasteiger partial charge in [0.1, 0.15) is 0 Å². The number of hydrogen-bond acceptors (Lipinski definition) is 6. The molecular weight excluding hydrogens is 655 g/mol. The molecule has 0 aliphatic carbocycles. The Hall–Kier alpha value is -1.80. The number of rotatable bonds is 39. The summed E-state index contributed by atoms with van der Waals surface area (Å²) in [5.41, 5.74) is 0. The molecule has 0 amide bonds. The summed E-state index contributed by atoms with van der Waals surface area (Å²) in [7, 11) is 2.13. The van der Waals surface area contributed by atoms with E-state index in [0.29, 0.717) is 19.6 Å². The first-order chi connectivity index (χ1) is 25.9. The summed E-state index contributed by atoms with van der Waals surface area (Å²) in [6.45, 7) is 11.9. The second-order valence-corrected chi connectivity index (χ2v) is 15.0. The molecule has 0 saturated carbocycles. The highest BCUT2D eigenvalue weighted by atomic mass is 16.3. The van der Waals surface area contributed by atoms with Crippen LogP contribution >= 0.6 is 0 Å². The fourth-order valence-electron chi connectivity index (χ4n) is 6.00.